The van der Waals surface area contributed by atoms with Gasteiger partial charge in [0.15, 0.2) is 0 Å². The standard InChI is InChI=1S/C25H34N2O4S/c1-20(2)23(26-24(28)31-25(3,4)5)16-17-32(29,30)27(18-21-12-8-6-9-13-21)19-22-14-10-7-11-15-22/h6-17,20,23H,18-19H2,1-5H3,(H,26,28)/b17-16+/t23-/m1/s1. The molecule has 0 spiro atoms. The van der Waals surface area contributed by atoms with Crippen molar-refractivity contribution in [2.24, 2.45) is 5.92 Å². The number of benzene rings is 2. The second-order valence-corrected chi connectivity index (χ2v) is 10.8. The highest BCUT2D eigenvalue weighted by Gasteiger charge is 2.23. The van der Waals surface area contributed by atoms with Crippen LogP contribution < -0.4 is 5.32 Å². The van der Waals surface area contributed by atoms with Crippen molar-refractivity contribution in [2.75, 3.05) is 0 Å². The van der Waals surface area contributed by atoms with Gasteiger partial charge in [0.05, 0.1) is 6.04 Å². The fraction of sp³-hybridized carbons (Fsp3) is 0.400. The molecule has 0 saturated carbocycles. The number of sulfonamides is 1. The van der Waals surface area contributed by atoms with Crippen LogP contribution in [0.1, 0.15) is 45.7 Å². The zero-order valence-corrected chi connectivity index (χ0v) is 20.3. The molecule has 0 aromatic heterocycles. The van der Waals surface area contributed by atoms with Crippen molar-refractivity contribution in [1.29, 1.82) is 0 Å². The summed E-state index contributed by atoms with van der Waals surface area (Å²) in [5.41, 5.74) is 1.16. The summed E-state index contributed by atoms with van der Waals surface area (Å²) in [6.45, 7) is 9.64. The van der Waals surface area contributed by atoms with E-state index < -0.39 is 27.8 Å². The van der Waals surface area contributed by atoms with Gasteiger partial charge >= 0.3 is 6.09 Å². The van der Waals surface area contributed by atoms with Gasteiger partial charge in [-0.25, -0.2) is 13.2 Å². The van der Waals surface area contributed by atoms with Gasteiger partial charge in [-0.1, -0.05) is 74.5 Å². The maximum atomic E-state index is 13.3. The van der Waals surface area contributed by atoms with E-state index in [2.05, 4.69) is 5.32 Å². The smallest absolute Gasteiger partial charge is 0.408 e. The Morgan fingerprint density at radius 2 is 1.44 bits per heavy atom. The lowest BCUT2D eigenvalue weighted by Gasteiger charge is -2.24. The number of nitrogens with one attached hydrogen (secondary N) is 1. The maximum absolute atomic E-state index is 13.3. The summed E-state index contributed by atoms with van der Waals surface area (Å²) in [5, 5.41) is 3.93. The summed E-state index contributed by atoms with van der Waals surface area (Å²) in [4.78, 5) is 12.2. The lowest BCUT2D eigenvalue weighted by molar-refractivity contribution is 0.0504. The lowest BCUT2D eigenvalue weighted by atomic mass is 10.1. The van der Waals surface area contributed by atoms with E-state index in [-0.39, 0.29) is 19.0 Å². The van der Waals surface area contributed by atoms with Crippen LogP contribution in [0.2, 0.25) is 0 Å². The van der Waals surface area contributed by atoms with Crippen LogP contribution in [0.25, 0.3) is 0 Å². The van der Waals surface area contributed by atoms with Crippen molar-refractivity contribution in [2.45, 2.75) is 59.4 Å². The van der Waals surface area contributed by atoms with E-state index >= 15 is 0 Å². The summed E-state index contributed by atoms with van der Waals surface area (Å²) in [6, 6.07) is 18.5. The highest BCUT2D eigenvalue weighted by Crippen LogP contribution is 2.17. The molecule has 174 valence electrons. The van der Waals surface area contributed by atoms with Crippen molar-refractivity contribution in [3.05, 3.63) is 83.3 Å². The predicted molar refractivity (Wildman–Crippen MR) is 128 cm³/mol. The van der Waals surface area contributed by atoms with Crippen LogP contribution in [-0.4, -0.2) is 30.5 Å². The van der Waals surface area contributed by atoms with Crippen molar-refractivity contribution in [3.8, 4) is 0 Å². The van der Waals surface area contributed by atoms with Crippen LogP contribution in [-0.2, 0) is 27.8 Å². The van der Waals surface area contributed by atoms with Crippen LogP contribution in [0.3, 0.4) is 0 Å². The molecule has 0 saturated heterocycles. The number of rotatable bonds is 9. The summed E-state index contributed by atoms with van der Waals surface area (Å²) >= 11 is 0. The van der Waals surface area contributed by atoms with Gasteiger partial charge in [0.1, 0.15) is 5.60 Å². The van der Waals surface area contributed by atoms with Crippen LogP contribution in [0.15, 0.2) is 72.1 Å². The third-order valence-electron chi connectivity index (χ3n) is 4.62. The number of nitrogens with zero attached hydrogens (tertiary/aromatic N) is 1. The Labute approximate surface area is 192 Å². The predicted octanol–water partition coefficient (Wildman–Crippen LogP) is 5.08. The molecule has 0 radical (unpaired) electrons. The van der Waals surface area contributed by atoms with Crippen LogP contribution >= 0.6 is 0 Å². The zero-order valence-electron chi connectivity index (χ0n) is 19.5. The van der Waals surface area contributed by atoms with Crippen molar-refractivity contribution in [3.63, 3.8) is 0 Å². The van der Waals surface area contributed by atoms with E-state index in [0.717, 1.165) is 11.1 Å². The van der Waals surface area contributed by atoms with Gasteiger partial charge in [-0.2, -0.15) is 4.31 Å². The summed E-state index contributed by atoms with van der Waals surface area (Å²) in [7, 11) is -3.76. The van der Waals surface area contributed by atoms with Crippen molar-refractivity contribution >= 4 is 16.1 Å². The van der Waals surface area contributed by atoms with E-state index in [1.54, 1.807) is 20.8 Å². The van der Waals surface area contributed by atoms with Gasteiger partial charge in [-0.3, -0.25) is 0 Å². The largest absolute Gasteiger partial charge is 0.444 e. The molecule has 0 heterocycles. The Hall–Kier alpha value is -2.64. The molecular weight excluding hydrogens is 424 g/mol. The summed E-state index contributed by atoms with van der Waals surface area (Å²) in [5.74, 6) is -0.0225. The van der Waals surface area contributed by atoms with Gasteiger partial charge in [0, 0.05) is 18.5 Å². The monoisotopic (exact) mass is 458 g/mol. The Bertz CT molecular complexity index is 940. The van der Waals surface area contributed by atoms with Crippen molar-refractivity contribution < 1.29 is 17.9 Å². The average Bonchev–Trinajstić information content (AvgIpc) is 2.70. The molecule has 0 aliphatic carbocycles. The van der Waals surface area contributed by atoms with Crippen LogP contribution in [0, 0.1) is 5.92 Å². The first-order chi connectivity index (χ1) is 15.0. The highest BCUT2D eigenvalue weighted by molar-refractivity contribution is 7.92. The SMILES string of the molecule is CC(C)[C@@H](/C=C/S(=O)(=O)N(Cc1ccccc1)Cc1ccccc1)NC(=O)OC(C)(C)C. The zero-order chi connectivity index (χ0) is 23.8. The molecular formula is C25H34N2O4S. The Morgan fingerprint density at radius 1 is 0.969 bits per heavy atom. The quantitative estimate of drug-likeness (QED) is 0.568. The van der Waals surface area contributed by atoms with Gasteiger partial charge in [0.25, 0.3) is 0 Å². The minimum Gasteiger partial charge on any atom is -0.444 e. The minimum absolute atomic E-state index is 0.0225. The van der Waals surface area contributed by atoms with Crippen LogP contribution in [0.4, 0.5) is 4.79 Å². The van der Waals surface area contributed by atoms with E-state index in [0.29, 0.717) is 0 Å². The van der Waals surface area contributed by atoms with Crippen molar-refractivity contribution in [1.82, 2.24) is 9.62 Å². The first-order valence-electron chi connectivity index (χ1n) is 10.7. The number of carbonyl (C=O) groups excluding carboxylic acids is 1. The minimum atomic E-state index is -3.76. The highest BCUT2D eigenvalue weighted by atomic mass is 32.2. The second kappa shape index (κ2) is 11.3. The molecule has 0 fully saturated rings. The molecule has 0 unspecified atom stereocenters. The van der Waals surface area contributed by atoms with Gasteiger partial charge in [-0.05, 0) is 43.9 Å². The number of amides is 1. The molecule has 7 heteroatoms. The molecule has 2 aromatic carbocycles. The normalized spacial score (nSPS) is 13.5. The van der Waals surface area contributed by atoms with Crippen LogP contribution in [0.5, 0.6) is 0 Å². The number of alkyl carbamates (subject to hydrolysis) is 1. The Balaban J connectivity index is 2.24. The first-order valence-corrected chi connectivity index (χ1v) is 12.2. The number of ether oxygens (including phenoxy) is 1. The van der Waals surface area contributed by atoms with E-state index in [1.165, 1.54) is 15.8 Å². The van der Waals surface area contributed by atoms with Gasteiger partial charge < -0.3 is 10.1 Å². The van der Waals surface area contributed by atoms with E-state index in [9.17, 15) is 13.2 Å². The Kier molecular flexibility index (Phi) is 9.04. The van der Waals surface area contributed by atoms with Gasteiger partial charge in [-0.15, -0.1) is 0 Å². The third-order valence-corrected chi connectivity index (χ3v) is 6.10. The number of hydrogen-bond donors (Lipinski definition) is 1. The molecule has 0 aliphatic heterocycles. The molecule has 1 N–H and O–H groups in total. The topological polar surface area (TPSA) is 75.7 Å². The lowest BCUT2D eigenvalue weighted by Crippen LogP contribution is -2.41. The maximum Gasteiger partial charge on any atom is 0.408 e. The molecule has 32 heavy (non-hydrogen) atoms. The second-order valence-electron chi connectivity index (χ2n) is 9.03. The molecule has 0 bridgehead atoms. The molecule has 1 amide bonds. The molecule has 6 nitrogen and oxygen atoms in total. The molecule has 0 aliphatic rings. The summed E-state index contributed by atoms with van der Waals surface area (Å²) in [6.07, 6.45) is 0.941. The average molecular weight is 459 g/mol. The fourth-order valence-corrected chi connectivity index (χ4v) is 4.16. The first kappa shape index (κ1) is 25.6. The number of hydrogen-bond acceptors (Lipinski definition) is 4. The third kappa shape index (κ3) is 8.85. The Morgan fingerprint density at radius 3 is 1.84 bits per heavy atom. The molecule has 1 atom stereocenters. The number of carbonyl (C=O) groups is 1. The molecule has 2 rings (SSSR count). The fourth-order valence-electron chi connectivity index (χ4n) is 2.96. The summed E-state index contributed by atoms with van der Waals surface area (Å²) < 4.78 is 33.3. The van der Waals surface area contributed by atoms with Gasteiger partial charge in [0.2, 0.25) is 10.0 Å². The molecule has 2 aromatic rings. The van der Waals surface area contributed by atoms with E-state index in [1.807, 2.05) is 74.5 Å². The van der Waals surface area contributed by atoms with E-state index in [4.69, 9.17) is 4.74 Å².